The van der Waals surface area contributed by atoms with Crippen LogP contribution in [0.4, 0.5) is 0 Å². The molecule has 0 rings (SSSR count). The van der Waals surface area contributed by atoms with Crippen LogP contribution >= 0.6 is 15.6 Å². The first-order valence-corrected chi connectivity index (χ1v) is 38.4. The van der Waals surface area contributed by atoms with Gasteiger partial charge in [0.15, 0.2) is 6.10 Å². The number of unbranched alkanes of at least 4 members (excludes halogenated alkanes) is 14. The van der Waals surface area contributed by atoms with Crippen LogP contribution < -0.4 is 0 Å². The van der Waals surface area contributed by atoms with E-state index in [0.717, 1.165) is 173 Å². The lowest BCUT2D eigenvalue weighted by atomic mass is 10.1. The first kappa shape index (κ1) is 89.9. The van der Waals surface area contributed by atoms with Crippen molar-refractivity contribution in [2.75, 3.05) is 39.6 Å². The molecular formula is C77H124O16P2. The van der Waals surface area contributed by atoms with Crippen molar-refractivity contribution in [2.45, 2.75) is 257 Å². The van der Waals surface area contributed by atoms with Crippen molar-refractivity contribution in [3.63, 3.8) is 0 Å². The van der Waals surface area contributed by atoms with E-state index in [1.807, 2.05) is 12.2 Å². The van der Waals surface area contributed by atoms with Gasteiger partial charge in [0.05, 0.1) is 26.4 Å². The molecule has 0 radical (unpaired) electrons. The van der Waals surface area contributed by atoms with Crippen molar-refractivity contribution >= 4 is 33.6 Å². The summed E-state index contributed by atoms with van der Waals surface area (Å²) in [5.74, 6) is -1.68. The molecule has 0 bridgehead atoms. The summed E-state index contributed by atoms with van der Waals surface area (Å²) in [5, 5.41) is 20.6. The third kappa shape index (κ3) is 70.1. The zero-order chi connectivity index (χ0) is 69.5. The molecule has 0 aromatic rings. The highest BCUT2D eigenvalue weighted by atomic mass is 31.2. The van der Waals surface area contributed by atoms with Crippen molar-refractivity contribution in [2.24, 2.45) is 0 Å². The molecule has 538 valence electrons. The van der Waals surface area contributed by atoms with E-state index in [-0.39, 0.29) is 19.3 Å². The maximum atomic E-state index is 12.9. The van der Waals surface area contributed by atoms with Gasteiger partial charge in [0.1, 0.15) is 25.4 Å². The maximum absolute atomic E-state index is 12.9. The van der Waals surface area contributed by atoms with Crippen LogP contribution in [0.3, 0.4) is 0 Å². The standard InChI is InChI=1S/C77H124O16P2/c1-4-7-10-13-16-19-22-25-28-31-32-33-34-35-36-37-38-41-43-45-48-51-54-57-60-63-75(80)87-66-72(78)67-89-94(83,84)90-68-73(79)69-91-95(85,86)92-71-74(93-77(82)65-62-59-56-53-50-47-44-40-30-27-24-21-18-15-12-9-6-3)70-88-76(81)64-61-58-55-52-49-46-42-39-29-26-23-20-17-14-11-8-5-2/h7-12,16-21,25-30,32-33,35-36,38,41-42,46,52,55,72-74,78-79H,4-6,13-15,22-24,31,34,37,39-40,43-45,47-51,53-54,56-71H2,1-3H3,(H,83,84)(H,85,86)/b10-7-,11-8-,12-9-,19-16-,20-17-,21-18-,28-25-,29-26-,30-27-,33-32-,36-35-,41-38-,46-42-,55-52-. The van der Waals surface area contributed by atoms with E-state index in [1.54, 1.807) is 0 Å². The lowest BCUT2D eigenvalue weighted by Gasteiger charge is -2.21. The molecule has 16 nitrogen and oxygen atoms in total. The molecule has 95 heavy (non-hydrogen) atoms. The van der Waals surface area contributed by atoms with Gasteiger partial charge < -0.3 is 34.2 Å². The Morgan fingerprint density at radius 2 is 0.537 bits per heavy atom. The van der Waals surface area contributed by atoms with Crippen LogP contribution in [0, 0.1) is 0 Å². The zero-order valence-electron chi connectivity index (χ0n) is 58.3. The van der Waals surface area contributed by atoms with Crippen molar-refractivity contribution in [3.8, 4) is 0 Å². The minimum Gasteiger partial charge on any atom is -0.463 e. The molecule has 5 atom stereocenters. The fourth-order valence-corrected chi connectivity index (χ4v) is 10.2. The van der Waals surface area contributed by atoms with E-state index in [0.29, 0.717) is 25.7 Å². The molecule has 0 fully saturated rings. The van der Waals surface area contributed by atoms with E-state index in [1.165, 1.54) is 0 Å². The number of carbonyl (C=O) groups excluding carboxylic acids is 3. The summed E-state index contributed by atoms with van der Waals surface area (Å²) in [5.41, 5.74) is 0. The molecule has 0 saturated carbocycles. The molecule has 0 aliphatic heterocycles. The van der Waals surface area contributed by atoms with Crippen LogP contribution in [0.2, 0.25) is 0 Å². The number of ether oxygens (including phenoxy) is 3. The van der Waals surface area contributed by atoms with Crippen LogP contribution in [0.15, 0.2) is 170 Å². The predicted octanol–water partition coefficient (Wildman–Crippen LogP) is 20.1. The Bertz CT molecular complexity index is 2410. The molecule has 0 spiro atoms. The number of aliphatic hydroxyl groups excluding tert-OH is 2. The van der Waals surface area contributed by atoms with Gasteiger partial charge in [0, 0.05) is 19.3 Å². The number of aliphatic hydroxyl groups is 2. The van der Waals surface area contributed by atoms with E-state index in [9.17, 15) is 43.5 Å². The van der Waals surface area contributed by atoms with E-state index in [4.69, 9.17) is 32.3 Å². The highest BCUT2D eigenvalue weighted by molar-refractivity contribution is 7.47. The summed E-state index contributed by atoms with van der Waals surface area (Å²) >= 11 is 0. The molecule has 0 aliphatic rings. The minimum atomic E-state index is -4.95. The molecule has 0 aromatic heterocycles. The monoisotopic (exact) mass is 1370 g/mol. The number of allylic oxidation sites excluding steroid dienone is 28. The number of hydrogen-bond acceptors (Lipinski definition) is 14. The molecule has 18 heteroatoms. The van der Waals surface area contributed by atoms with E-state index >= 15 is 0 Å². The third-order valence-electron chi connectivity index (χ3n) is 13.9. The Balaban J connectivity index is 4.70. The summed E-state index contributed by atoms with van der Waals surface area (Å²) in [6, 6.07) is 0. The van der Waals surface area contributed by atoms with Gasteiger partial charge >= 0.3 is 33.6 Å². The Morgan fingerprint density at radius 3 is 0.874 bits per heavy atom. The largest absolute Gasteiger partial charge is 0.472 e. The molecule has 0 aliphatic carbocycles. The first-order valence-electron chi connectivity index (χ1n) is 35.4. The second kappa shape index (κ2) is 68.8. The van der Waals surface area contributed by atoms with Crippen LogP contribution in [-0.2, 0) is 55.8 Å². The summed E-state index contributed by atoms with van der Waals surface area (Å²) < 4.78 is 60.9. The molecule has 0 aromatic carbocycles. The van der Waals surface area contributed by atoms with Crippen molar-refractivity contribution in [1.29, 1.82) is 0 Å². The fraction of sp³-hybridized carbons (Fsp3) is 0.597. The fourth-order valence-electron chi connectivity index (χ4n) is 8.62. The number of phosphoric ester groups is 2. The number of carbonyl (C=O) groups is 3. The van der Waals surface area contributed by atoms with Gasteiger partial charge in [-0.25, -0.2) is 9.13 Å². The Labute approximate surface area is 573 Å². The first-order chi connectivity index (χ1) is 46.2. The average molecular weight is 1370 g/mol. The molecule has 5 unspecified atom stereocenters. The summed E-state index contributed by atoms with van der Waals surface area (Å²) in [7, 11) is -9.82. The predicted molar refractivity (Wildman–Crippen MR) is 389 cm³/mol. The molecule has 0 saturated heterocycles. The van der Waals surface area contributed by atoms with E-state index < -0.39 is 91.5 Å². The molecule has 0 heterocycles. The second-order valence-electron chi connectivity index (χ2n) is 22.9. The van der Waals surface area contributed by atoms with Crippen LogP contribution in [0.1, 0.15) is 239 Å². The van der Waals surface area contributed by atoms with Gasteiger partial charge in [-0.15, -0.1) is 0 Å². The number of rotatable bonds is 65. The molecule has 0 amide bonds. The topological polar surface area (TPSA) is 231 Å². The van der Waals surface area contributed by atoms with E-state index in [2.05, 4.69) is 179 Å². The SMILES string of the molecule is CC/C=C\C/C=C\C/C=C\C/C=C\C/C=C\C/C=C\CCCCCCCCC(=O)OCC(O)COP(=O)(O)OCC(O)COP(=O)(O)OCC(COC(=O)CCC/C=C\C/C=C\C/C=C\C/C=C\C/C=C\CC)OC(=O)CCCCCCCCC/C=C\C/C=C\C/C=C\CC. The van der Waals surface area contributed by atoms with Gasteiger partial charge in [-0.2, -0.15) is 0 Å². The Morgan fingerprint density at radius 1 is 0.295 bits per heavy atom. The van der Waals surface area contributed by atoms with Crippen molar-refractivity contribution in [1.82, 2.24) is 0 Å². The van der Waals surface area contributed by atoms with Crippen molar-refractivity contribution < 1.29 is 75.8 Å². The van der Waals surface area contributed by atoms with Crippen LogP contribution in [0.25, 0.3) is 0 Å². The summed E-state index contributed by atoms with van der Waals surface area (Å²) in [6.07, 6.45) is 85.5. The molecular weight excluding hydrogens is 1240 g/mol. The third-order valence-corrected chi connectivity index (χ3v) is 15.8. The Hall–Kier alpha value is -5.09. The average Bonchev–Trinajstić information content (AvgIpc) is 1.77. The number of hydrogen-bond donors (Lipinski definition) is 4. The van der Waals surface area contributed by atoms with Crippen LogP contribution in [0.5, 0.6) is 0 Å². The maximum Gasteiger partial charge on any atom is 0.472 e. The lowest BCUT2D eigenvalue weighted by molar-refractivity contribution is -0.161. The highest BCUT2D eigenvalue weighted by Crippen LogP contribution is 2.45. The zero-order valence-corrected chi connectivity index (χ0v) is 60.1. The van der Waals surface area contributed by atoms with Gasteiger partial charge in [-0.1, -0.05) is 249 Å². The van der Waals surface area contributed by atoms with Gasteiger partial charge in [-0.05, 0) is 141 Å². The Kier molecular flexibility index (Phi) is 65.1. The summed E-state index contributed by atoms with van der Waals surface area (Å²) in [6.45, 7) is 2.20. The summed E-state index contributed by atoms with van der Waals surface area (Å²) in [4.78, 5) is 58.4. The number of phosphoric acid groups is 2. The van der Waals surface area contributed by atoms with Gasteiger partial charge in [0.2, 0.25) is 0 Å². The van der Waals surface area contributed by atoms with Gasteiger partial charge in [-0.3, -0.25) is 32.5 Å². The normalized spacial score (nSPS) is 15.1. The second-order valence-corrected chi connectivity index (χ2v) is 25.8. The smallest absolute Gasteiger partial charge is 0.463 e. The highest BCUT2D eigenvalue weighted by Gasteiger charge is 2.29. The lowest BCUT2D eigenvalue weighted by Crippen LogP contribution is -2.30. The van der Waals surface area contributed by atoms with Crippen molar-refractivity contribution in [3.05, 3.63) is 170 Å². The number of esters is 3. The molecule has 4 N–H and O–H groups in total. The van der Waals surface area contributed by atoms with Crippen LogP contribution in [-0.4, -0.2) is 95.9 Å². The van der Waals surface area contributed by atoms with Gasteiger partial charge in [0.25, 0.3) is 0 Å². The quantitative estimate of drug-likeness (QED) is 0.0146. The minimum absolute atomic E-state index is 0.0743.